The van der Waals surface area contributed by atoms with Crippen LogP contribution in [0.15, 0.2) is 4.52 Å². The van der Waals surface area contributed by atoms with Crippen LogP contribution in [0.2, 0.25) is 0 Å². The monoisotopic (exact) mass is 225 g/mol. The summed E-state index contributed by atoms with van der Waals surface area (Å²) in [6.07, 6.45) is 1.01. The fourth-order valence-electron chi connectivity index (χ4n) is 1.84. The molecule has 0 spiro atoms. The summed E-state index contributed by atoms with van der Waals surface area (Å²) in [5.74, 6) is 2.20. The fourth-order valence-corrected chi connectivity index (χ4v) is 1.84. The molecular formula is C12H23N3O. The molecule has 0 fully saturated rings. The zero-order chi connectivity index (χ0) is 12.1. The summed E-state index contributed by atoms with van der Waals surface area (Å²) in [4.78, 5) is 4.47. The molecule has 0 aromatic carbocycles. The molecule has 0 aliphatic rings. The molecule has 0 radical (unpaired) electrons. The highest BCUT2D eigenvalue weighted by atomic mass is 16.5. The minimum Gasteiger partial charge on any atom is -0.339 e. The highest BCUT2D eigenvalue weighted by Crippen LogP contribution is 2.23. The standard InChI is InChI=1S/C12H23N3O/c1-6-10(9(5)13-7-2)12-14-11(8(3)4)15-16-12/h8-10,13H,6-7H2,1-5H3. The zero-order valence-electron chi connectivity index (χ0n) is 10.9. The highest BCUT2D eigenvalue weighted by molar-refractivity contribution is 5.00. The molecule has 1 aromatic heterocycles. The first-order valence-corrected chi connectivity index (χ1v) is 6.16. The normalized spacial score (nSPS) is 15.4. The Morgan fingerprint density at radius 3 is 2.38 bits per heavy atom. The van der Waals surface area contributed by atoms with Gasteiger partial charge in [-0.3, -0.25) is 0 Å². The third kappa shape index (κ3) is 3.04. The van der Waals surface area contributed by atoms with Crippen LogP contribution in [0.1, 0.15) is 64.6 Å². The summed E-state index contributed by atoms with van der Waals surface area (Å²) < 4.78 is 5.35. The van der Waals surface area contributed by atoms with Crippen molar-refractivity contribution in [2.45, 2.75) is 58.9 Å². The van der Waals surface area contributed by atoms with E-state index in [0.717, 1.165) is 24.7 Å². The maximum atomic E-state index is 5.35. The average molecular weight is 225 g/mol. The second kappa shape index (κ2) is 5.99. The van der Waals surface area contributed by atoms with Gasteiger partial charge in [-0.2, -0.15) is 4.98 Å². The predicted molar refractivity (Wildman–Crippen MR) is 64.6 cm³/mol. The molecule has 1 rings (SSSR count). The number of nitrogens with zero attached hydrogens (tertiary/aromatic N) is 2. The van der Waals surface area contributed by atoms with E-state index in [4.69, 9.17) is 4.52 Å². The van der Waals surface area contributed by atoms with Gasteiger partial charge in [-0.05, 0) is 19.9 Å². The van der Waals surface area contributed by atoms with Crippen LogP contribution in [0.4, 0.5) is 0 Å². The molecule has 0 aliphatic heterocycles. The van der Waals surface area contributed by atoms with Gasteiger partial charge in [0, 0.05) is 12.0 Å². The Morgan fingerprint density at radius 1 is 1.25 bits per heavy atom. The molecular weight excluding hydrogens is 202 g/mol. The lowest BCUT2D eigenvalue weighted by Gasteiger charge is -2.19. The van der Waals surface area contributed by atoms with Gasteiger partial charge in [0.05, 0.1) is 5.92 Å². The lowest BCUT2D eigenvalue weighted by Crippen LogP contribution is -2.31. The molecule has 4 nitrogen and oxygen atoms in total. The van der Waals surface area contributed by atoms with E-state index in [1.54, 1.807) is 0 Å². The Kier molecular flexibility index (Phi) is 4.93. The van der Waals surface area contributed by atoms with E-state index in [2.05, 4.69) is 50.1 Å². The molecule has 0 bridgehead atoms. The smallest absolute Gasteiger partial charge is 0.231 e. The van der Waals surface area contributed by atoms with Crippen molar-refractivity contribution < 1.29 is 4.52 Å². The van der Waals surface area contributed by atoms with Crippen molar-refractivity contribution in [3.05, 3.63) is 11.7 Å². The number of hydrogen-bond donors (Lipinski definition) is 1. The first-order valence-electron chi connectivity index (χ1n) is 6.16. The summed E-state index contributed by atoms with van der Waals surface area (Å²) >= 11 is 0. The quantitative estimate of drug-likeness (QED) is 0.808. The highest BCUT2D eigenvalue weighted by Gasteiger charge is 2.23. The van der Waals surface area contributed by atoms with Crippen molar-refractivity contribution in [1.29, 1.82) is 0 Å². The lowest BCUT2D eigenvalue weighted by molar-refractivity contribution is 0.315. The van der Waals surface area contributed by atoms with E-state index in [-0.39, 0.29) is 0 Å². The maximum Gasteiger partial charge on any atom is 0.231 e. The molecule has 1 heterocycles. The number of nitrogens with one attached hydrogen (secondary N) is 1. The second-order valence-electron chi connectivity index (χ2n) is 4.51. The van der Waals surface area contributed by atoms with Crippen LogP contribution >= 0.6 is 0 Å². The molecule has 0 aliphatic carbocycles. The van der Waals surface area contributed by atoms with Gasteiger partial charge < -0.3 is 9.84 Å². The largest absolute Gasteiger partial charge is 0.339 e. The van der Waals surface area contributed by atoms with E-state index in [9.17, 15) is 0 Å². The first kappa shape index (κ1) is 13.2. The maximum absolute atomic E-state index is 5.35. The Labute approximate surface area is 97.8 Å². The molecule has 2 atom stereocenters. The summed E-state index contributed by atoms with van der Waals surface area (Å²) in [7, 11) is 0. The SMILES string of the molecule is CCNC(C)C(CC)c1nc(C(C)C)no1. The Morgan fingerprint density at radius 2 is 1.94 bits per heavy atom. The number of rotatable bonds is 6. The van der Waals surface area contributed by atoms with Crippen LogP contribution in [0.5, 0.6) is 0 Å². The molecule has 2 unspecified atom stereocenters. The van der Waals surface area contributed by atoms with Crippen LogP contribution in [0.3, 0.4) is 0 Å². The van der Waals surface area contributed by atoms with Crippen molar-refractivity contribution in [2.24, 2.45) is 0 Å². The number of aromatic nitrogens is 2. The van der Waals surface area contributed by atoms with Gasteiger partial charge in [-0.1, -0.05) is 32.9 Å². The van der Waals surface area contributed by atoms with Crippen LogP contribution in [-0.4, -0.2) is 22.7 Å². The number of likely N-dealkylation sites (N-methyl/N-ethyl adjacent to an activating group) is 1. The minimum atomic E-state index is 0.306. The van der Waals surface area contributed by atoms with Crippen LogP contribution < -0.4 is 5.32 Å². The summed E-state index contributed by atoms with van der Waals surface area (Å²) in [6, 6.07) is 0.371. The molecule has 1 N–H and O–H groups in total. The van der Waals surface area contributed by atoms with Crippen LogP contribution in [0, 0.1) is 0 Å². The Balaban J connectivity index is 2.78. The van der Waals surface area contributed by atoms with E-state index >= 15 is 0 Å². The average Bonchev–Trinajstić information content (AvgIpc) is 2.68. The summed E-state index contributed by atoms with van der Waals surface area (Å²) in [5, 5.41) is 7.42. The lowest BCUT2D eigenvalue weighted by atomic mass is 9.98. The van der Waals surface area contributed by atoms with Gasteiger partial charge in [0.25, 0.3) is 0 Å². The van der Waals surface area contributed by atoms with Crippen molar-refractivity contribution in [3.8, 4) is 0 Å². The molecule has 4 heteroatoms. The van der Waals surface area contributed by atoms with Crippen molar-refractivity contribution in [2.75, 3.05) is 6.54 Å². The summed E-state index contributed by atoms with van der Waals surface area (Å²) in [6.45, 7) is 11.5. The number of hydrogen-bond acceptors (Lipinski definition) is 4. The van der Waals surface area contributed by atoms with E-state index in [1.165, 1.54) is 0 Å². The fraction of sp³-hybridized carbons (Fsp3) is 0.833. The van der Waals surface area contributed by atoms with Gasteiger partial charge in [0.15, 0.2) is 5.82 Å². The third-order valence-electron chi connectivity index (χ3n) is 2.86. The topological polar surface area (TPSA) is 51.0 Å². The Bertz CT molecular complexity index is 309. The van der Waals surface area contributed by atoms with Gasteiger partial charge in [0.1, 0.15) is 0 Å². The molecule has 0 saturated heterocycles. The molecule has 0 saturated carbocycles. The predicted octanol–water partition coefficient (Wildman–Crippen LogP) is 2.68. The molecule has 92 valence electrons. The first-order chi connectivity index (χ1) is 7.60. The van der Waals surface area contributed by atoms with Gasteiger partial charge >= 0.3 is 0 Å². The van der Waals surface area contributed by atoms with Crippen LogP contribution in [0.25, 0.3) is 0 Å². The van der Waals surface area contributed by atoms with Gasteiger partial charge in [-0.15, -0.1) is 0 Å². The van der Waals surface area contributed by atoms with Gasteiger partial charge in [-0.25, -0.2) is 0 Å². The van der Waals surface area contributed by atoms with E-state index in [1.807, 2.05) is 0 Å². The van der Waals surface area contributed by atoms with Crippen molar-refractivity contribution >= 4 is 0 Å². The molecule has 16 heavy (non-hydrogen) atoms. The molecule has 1 aromatic rings. The Hall–Kier alpha value is -0.900. The van der Waals surface area contributed by atoms with Crippen molar-refractivity contribution in [1.82, 2.24) is 15.5 Å². The van der Waals surface area contributed by atoms with E-state index in [0.29, 0.717) is 17.9 Å². The van der Waals surface area contributed by atoms with E-state index < -0.39 is 0 Å². The third-order valence-corrected chi connectivity index (χ3v) is 2.86. The minimum absolute atomic E-state index is 0.306. The molecule has 0 amide bonds. The van der Waals surface area contributed by atoms with Gasteiger partial charge in [0.2, 0.25) is 5.89 Å². The zero-order valence-corrected chi connectivity index (χ0v) is 10.9. The second-order valence-corrected chi connectivity index (χ2v) is 4.51. The summed E-state index contributed by atoms with van der Waals surface area (Å²) in [5.41, 5.74) is 0. The van der Waals surface area contributed by atoms with Crippen LogP contribution in [-0.2, 0) is 0 Å². The van der Waals surface area contributed by atoms with Crippen molar-refractivity contribution in [3.63, 3.8) is 0 Å².